The maximum Gasteiger partial charge on any atom is 0.319 e. The Morgan fingerprint density at radius 3 is 2.40 bits per heavy atom. The molecule has 0 aliphatic carbocycles. The lowest BCUT2D eigenvalue weighted by Crippen LogP contribution is -2.31. The summed E-state index contributed by atoms with van der Waals surface area (Å²) in [6.45, 7) is 3.41. The van der Waals surface area contributed by atoms with Crippen molar-refractivity contribution in [2.75, 3.05) is 0 Å². The third kappa shape index (κ3) is 4.05. The van der Waals surface area contributed by atoms with Gasteiger partial charge in [-0.25, -0.2) is 0 Å². The number of primary amides is 1. The molecule has 0 radical (unpaired) electrons. The molecule has 110 valence electrons. The van der Waals surface area contributed by atoms with Crippen LogP contribution in [0.25, 0.3) is 0 Å². The molecule has 0 spiro atoms. The predicted octanol–water partition coefficient (Wildman–Crippen LogP) is 1.80. The van der Waals surface area contributed by atoms with E-state index < -0.39 is 27.9 Å². The first kappa shape index (κ1) is 16.7. The highest BCUT2D eigenvalue weighted by Gasteiger charge is 2.28. The van der Waals surface area contributed by atoms with Gasteiger partial charge in [0.05, 0.1) is 5.75 Å². The highest BCUT2D eigenvalue weighted by Crippen LogP contribution is 2.22. The van der Waals surface area contributed by atoms with Gasteiger partial charge in [-0.3, -0.25) is 13.8 Å². The summed E-state index contributed by atoms with van der Waals surface area (Å²) in [6, 6.07) is 4.41. The second-order valence-electron chi connectivity index (χ2n) is 4.70. The zero-order valence-electron chi connectivity index (χ0n) is 11.1. The average molecular weight is 318 g/mol. The van der Waals surface area contributed by atoms with Gasteiger partial charge in [0.15, 0.2) is 0 Å². The molecule has 1 rings (SSSR count). The number of carboxylic acids is 1. The Kier molecular flexibility index (Phi) is 5.71. The summed E-state index contributed by atoms with van der Waals surface area (Å²) in [5.74, 6) is -1.93. The molecule has 20 heavy (non-hydrogen) atoms. The van der Waals surface area contributed by atoms with Gasteiger partial charge in [0.1, 0.15) is 5.25 Å². The van der Waals surface area contributed by atoms with Crippen molar-refractivity contribution in [2.45, 2.75) is 24.9 Å². The maximum atomic E-state index is 12.1. The second-order valence-corrected chi connectivity index (χ2v) is 6.66. The molecule has 0 aliphatic rings. The molecule has 0 aromatic heterocycles. The van der Waals surface area contributed by atoms with E-state index in [1.54, 1.807) is 19.9 Å². The number of benzene rings is 1. The minimum Gasteiger partial charge on any atom is -0.480 e. The van der Waals surface area contributed by atoms with Gasteiger partial charge in [-0.1, -0.05) is 31.5 Å². The zero-order chi connectivity index (χ0) is 15.4. The van der Waals surface area contributed by atoms with Crippen LogP contribution in [0.2, 0.25) is 5.02 Å². The molecule has 0 saturated heterocycles. The fourth-order valence-electron chi connectivity index (χ4n) is 1.76. The van der Waals surface area contributed by atoms with Crippen LogP contribution in [-0.2, 0) is 21.3 Å². The maximum absolute atomic E-state index is 12.1. The van der Waals surface area contributed by atoms with Crippen LogP contribution >= 0.6 is 11.6 Å². The predicted molar refractivity (Wildman–Crippen MR) is 78.1 cm³/mol. The van der Waals surface area contributed by atoms with Crippen molar-refractivity contribution in [3.05, 3.63) is 34.3 Å². The van der Waals surface area contributed by atoms with Crippen LogP contribution in [0, 0.1) is 5.92 Å². The number of amides is 1. The third-order valence-corrected chi connectivity index (χ3v) is 5.03. The minimum atomic E-state index is -1.60. The van der Waals surface area contributed by atoms with Gasteiger partial charge in [0, 0.05) is 21.4 Å². The highest BCUT2D eigenvalue weighted by molar-refractivity contribution is 7.85. The van der Waals surface area contributed by atoms with Crippen LogP contribution in [0.1, 0.15) is 29.8 Å². The van der Waals surface area contributed by atoms with Crippen molar-refractivity contribution in [3.63, 3.8) is 0 Å². The molecule has 3 N–H and O–H groups in total. The van der Waals surface area contributed by atoms with E-state index in [2.05, 4.69) is 0 Å². The van der Waals surface area contributed by atoms with Crippen LogP contribution in [0.5, 0.6) is 0 Å². The number of hydrogen-bond donors (Lipinski definition) is 2. The van der Waals surface area contributed by atoms with E-state index in [1.165, 1.54) is 12.1 Å². The second kappa shape index (κ2) is 6.85. The Bertz CT molecular complexity index is 559. The van der Waals surface area contributed by atoms with Gasteiger partial charge in [0.2, 0.25) is 5.91 Å². The molecule has 2 unspecified atom stereocenters. The molecule has 1 aromatic carbocycles. The largest absolute Gasteiger partial charge is 0.480 e. The lowest BCUT2D eigenvalue weighted by atomic mass is 10.1. The van der Waals surface area contributed by atoms with Crippen LogP contribution in [0.15, 0.2) is 18.2 Å². The molecule has 0 heterocycles. The Morgan fingerprint density at radius 2 is 2.00 bits per heavy atom. The Balaban J connectivity index is 2.96. The number of nitrogens with two attached hydrogens (primary N) is 1. The third-order valence-electron chi connectivity index (χ3n) is 2.77. The summed E-state index contributed by atoms with van der Waals surface area (Å²) in [5.41, 5.74) is 5.91. The first-order valence-electron chi connectivity index (χ1n) is 5.92. The Labute approximate surface area is 124 Å². The molecule has 1 amide bonds. The number of aliphatic carboxylic acids is 1. The number of rotatable bonds is 6. The van der Waals surface area contributed by atoms with E-state index in [0.29, 0.717) is 5.56 Å². The Morgan fingerprint density at radius 1 is 1.40 bits per heavy atom. The molecule has 0 bridgehead atoms. The van der Waals surface area contributed by atoms with Gasteiger partial charge in [-0.05, 0) is 23.6 Å². The summed E-state index contributed by atoms with van der Waals surface area (Å²) in [6.07, 6.45) is 0. The highest BCUT2D eigenvalue weighted by atomic mass is 35.5. The van der Waals surface area contributed by atoms with E-state index in [-0.39, 0.29) is 22.3 Å². The fraction of sp³-hybridized carbons (Fsp3) is 0.385. The molecule has 0 saturated carbocycles. The van der Waals surface area contributed by atoms with Crippen LogP contribution < -0.4 is 5.73 Å². The summed E-state index contributed by atoms with van der Waals surface area (Å²) in [5, 5.41) is 8.39. The monoisotopic (exact) mass is 317 g/mol. The van der Waals surface area contributed by atoms with Crippen molar-refractivity contribution >= 4 is 34.3 Å². The molecule has 1 aromatic rings. The van der Waals surface area contributed by atoms with E-state index in [0.717, 1.165) is 0 Å². The quantitative estimate of drug-likeness (QED) is 0.835. The normalized spacial score (nSPS) is 14.0. The van der Waals surface area contributed by atoms with Gasteiger partial charge in [0.25, 0.3) is 0 Å². The average Bonchev–Trinajstić information content (AvgIpc) is 2.30. The SMILES string of the molecule is CC(C)C(C(=O)O)S(=O)Cc1ccc(C(N)=O)cc1Cl. The van der Waals surface area contributed by atoms with Gasteiger partial charge in [-0.2, -0.15) is 0 Å². The molecule has 0 aliphatic heterocycles. The van der Waals surface area contributed by atoms with Crippen LogP contribution in [0.4, 0.5) is 0 Å². The van der Waals surface area contributed by atoms with Crippen molar-refractivity contribution < 1.29 is 18.9 Å². The molecule has 2 atom stereocenters. The van der Waals surface area contributed by atoms with Crippen molar-refractivity contribution in [2.24, 2.45) is 11.7 Å². The van der Waals surface area contributed by atoms with Crippen molar-refractivity contribution in [1.29, 1.82) is 0 Å². The topological polar surface area (TPSA) is 97.5 Å². The number of carbonyl (C=O) groups is 2. The first-order valence-corrected chi connectivity index (χ1v) is 7.68. The van der Waals surface area contributed by atoms with E-state index in [1.807, 2.05) is 0 Å². The van der Waals surface area contributed by atoms with Crippen molar-refractivity contribution in [1.82, 2.24) is 0 Å². The fourth-order valence-corrected chi connectivity index (χ4v) is 3.66. The molecular weight excluding hydrogens is 302 g/mol. The number of carbonyl (C=O) groups excluding carboxylic acids is 1. The van der Waals surface area contributed by atoms with E-state index >= 15 is 0 Å². The number of halogens is 1. The van der Waals surface area contributed by atoms with Crippen LogP contribution in [-0.4, -0.2) is 26.4 Å². The smallest absolute Gasteiger partial charge is 0.319 e. The van der Waals surface area contributed by atoms with Gasteiger partial charge < -0.3 is 10.8 Å². The summed E-state index contributed by atoms with van der Waals surface area (Å²) in [7, 11) is -1.60. The molecular formula is C13H16ClNO4S. The standard InChI is InChI=1S/C13H16ClNO4S/c1-7(2)11(13(17)18)20(19)6-9-4-3-8(12(15)16)5-10(9)14/h3-5,7,11H,6H2,1-2H3,(H2,15,16)(H,17,18). The summed E-state index contributed by atoms with van der Waals surface area (Å²) >= 11 is 5.99. The minimum absolute atomic E-state index is 0.0209. The molecule has 5 nitrogen and oxygen atoms in total. The lowest BCUT2D eigenvalue weighted by molar-refractivity contribution is -0.137. The first-order chi connectivity index (χ1) is 9.23. The summed E-state index contributed by atoms with van der Waals surface area (Å²) in [4.78, 5) is 22.1. The Hall–Kier alpha value is -1.40. The summed E-state index contributed by atoms with van der Waals surface area (Å²) < 4.78 is 12.1. The van der Waals surface area contributed by atoms with Gasteiger partial charge in [-0.15, -0.1) is 0 Å². The van der Waals surface area contributed by atoms with E-state index in [9.17, 15) is 13.8 Å². The zero-order valence-corrected chi connectivity index (χ0v) is 12.7. The lowest BCUT2D eigenvalue weighted by Gasteiger charge is -2.16. The van der Waals surface area contributed by atoms with E-state index in [4.69, 9.17) is 22.4 Å². The molecule has 0 fully saturated rings. The van der Waals surface area contributed by atoms with Crippen molar-refractivity contribution in [3.8, 4) is 0 Å². The van der Waals surface area contributed by atoms with Crippen LogP contribution in [0.3, 0.4) is 0 Å². The van der Waals surface area contributed by atoms with Gasteiger partial charge >= 0.3 is 5.97 Å². The molecule has 7 heteroatoms. The number of carboxylic acid groups (broad SMARTS) is 1. The number of hydrogen-bond acceptors (Lipinski definition) is 3.